The predicted molar refractivity (Wildman–Crippen MR) is 46.1 cm³/mol. The van der Waals surface area contributed by atoms with Crippen molar-refractivity contribution in [3.8, 4) is 5.75 Å². The summed E-state index contributed by atoms with van der Waals surface area (Å²) in [5.74, 6) is -4.49. The highest BCUT2D eigenvalue weighted by molar-refractivity contribution is 5.37. The third-order valence-electron chi connectivity index (χ3n) is 1.76. The highest BCUT2D eigenvalue weighted by Gasteiger charge is 2.38. The lowest BCUT2D eigenvalue weighted by atomic mass is 10.1. The fourth-order valence-corrected chi connectivity index (χ4v) is 1.09. The van der Waals surface area contributed by atoms with Gasteiger partial charge in [-0.05, 0) is 12.1 Å². The standard InChI is InChI=1S/C9H8F5NO/c10-8(11,5-15)6-3-1-2-4-7(6)16-9(12,13)14/h1-4H,5,15H2. The highest BCUT2D eigenvalue weighted by Crippen LogP contribution is 2.36. The Bertz CT molecular complexity index is 363. The number of hydrogen-bond acceptors (Lipinski definition) is 2. The largest absolute Gasteiger partial charge is 0.573 e. The maximum absolute atomic E-state index is 13.1. The van der Waals surface area contributed by atoms with Gasteiger partial charge in [0.1, 0.15) is 5.75 Å². The van der Waals surface area contributed by atoms with Crippen LogP contribution in [0.1, 0.15) is 5.56 Å². The normalized spacial score (nSPS) is 12.6. The maximum atomic E-state index is 13.1. The number of hydrogen-bond donors (Lipinski definition) is 1. The van der Waals surface area contributed by atoms with Crippen LogP contribution in [0.2, 0.25) is 0 Å². The molecule has 0 aliphatic carbocycles. The van der Waals surface area contributed by atoms with E-state index in [0.29, 0.717) is 0 Å². The summed E-state index contributed by atoms with van der Waals surface area (Å²) < 4.78 is 65.5. The zero-order valence-corrected chi connectivity index (χ0v) is 7.89. The van der Waals surface area contributed by atoms with Gasteiger partial charge in [-0.3, -0.25) is 0 Å². The molecule has 0 saturated carbocycles. The molecule has 0 amide bonds. The monoisotopic (exact) mass is 241 g/mol. The summed E-state index contributed by atoms with van der Waals surface area (Å²) in [6.45, 7) is -1.09. The van der Waals surface area contributed by atoms with E-state index in [2.05, 4.69) is 4.74 Å². The number of alkyl halides is 5. The Hall–Kier alpha value is -1.37. The molecule has 2 N–H and O–H groups in total. The number of para-hydroxylation sites is 1. The second-order valence-corrected chi connectivity index (χ2v) is 2.95. The Morgan fingerprint density at radius 2 is 1.62 bits per heavy atom. The zero-order valence-electron chi connectivity index (χ0n) is 7.89. The van der Waals surface area contributed by atoms with Crippen molar-refractivity contribution in [2.24, 2.45) is 5.73 Å². The molecule has 0 aromatic heterocycles. The molecule has 0 fully saturated rings. The third kappa shape index (κ3) is 3.06. The number of rotatable bonds is 3. The van der Waals surface area contributed by atoms with Crippen molar-refractivity contribution < 1.29 is 26.7 Å². The number of ether oxygens (including phenoxy) is 1. The summed E-state index contributed by atoms with van der Waals surface area (Å²) in [5.41, 5.74) is 3.90. The molecule has 0 heterocycles. The Kier molecular flexibility index (Phi) is 3.37. The summed E-state index contributed by atoms with van der Waals surface area (Å²) in [6, 6.07) is 4.00. The Labute approximate surface area is 87.8 Å². The van der Waals surface area contributed by atoms with Crippen molar-refractivity contribution in [2.75, 3.05) is 6.54 Å². The second-order valence-electron chi connectivity index (χ2n) is 2.95. The van der Waals surface area contributed by atoms with Gasteiger partial charge in [-0.15, -0.1) is 13.2 Å². The average Bonchev–Trinajstić information content (AvgIpc) is 2.16. The number of benzene rings is 1. The van der Waals surface area contributed by atoms with Gasteiger partial charge < -0.3 is 10.5 Å². The van der Waals surface area contributed by atoms with E-state index < -0.39 is 30.1 Å². The minimum atomic E-state index is -5.01. The predicted octanol–water partition coefficient (Wildman–Crippen LogP) is 2.64. The molecule has 0 atom stereocenters. The van der Waals surface area contributed by atoms with Gasteiger partial charge in [-0.25, -0.2) is 0 Å². The molecule has 0 spiro atoms. The van der Waals surface area contributed by atoms with Crippen molar-refractivity contribution in [2.45, 2.75) is 12.3 Å². The van der Waals surface area contributed by atoms with E-state index in [9.17, 15) is 22.0 Å². The van der Waals surface area contributed by atoms with Crippen molar-refractivity contribution in [3.63, 3.8) is 0 Å². The highest BCUT2D eigenvalue weighted by atomic mass is 19.4. The molecule has 0 radical (unpaired) electrons. The SMILES string of the molecule is NCC(F)(F)c1ccccc1OC(F)(F)F. The van der Waals surface area contributed by atoms with Crippen LogP contribution in [-0.4, -0.2) is 12.9 Å². The Balaban J connectivity index is 3.11. The van der Waals surface area contributed by atoms with Gasteiger partial charge >= 0.3 is 6.36 Å². The molecule has 0 aliphatic rings. The molecule has 90 valence electrons. The van der Waals surface area contributed by atoms with Crippen LogP contribution in [0, 0.1) is 0 Å². The molecule has 1 aromatic rings. The van der Waals surface area contributed by atoms with Crippen LogP contribution >= 0.6 is 0 Å². The van der Waals surface area contributed by atoms with Crippen LogP contribution in [0.25, 0.3) is 0 Å². The molecule has 0 saturated heterocycles. The maximum Gasteiger partial charge on any atom is 0.573 e. The topological polar surface area (TPSA) is 35.2 Å². The molecular formula is C9H8F5NO. The van der Waals surface area contributed by atoms with Crippen LogP contribution in [-0.2, 0) is 5.92 Å². The zero-order chi connectivity index (χ0) is 12.4. The Morgan fingerprint density at radius 1 is 1.06 bits per heavy atom. The van der Waals surface area contributed by atoms with Gasteiger partial charge in [0.2, 0.25) is 0 Å². The summed E-state index contributed by atoms with van der Waals surface area (Å²) in [6.07, 6.45) is -5.01. The fourth-order valence-electron chi connectivity index (χ4n) is 1.09. The lowest BCUT2D eigenvalue weighted by Gasteiger charge is -2.19. The van der Waals surface area contributed by atoms with E-state index in [1.54, 1.807) is 0 Å². The molecule has 1 rings (SSSR count). The van der Waals surface area contributed by atoms with E-state index in [1.165, 1.54) is 6.07 Å². The molecule has 1 aromatic carbocycles. The lowest BCUT2D eigenvalue weighted by molar-refractivity contribution is -0.275. The average molecular weight is 241 g/mol. The summed E-state index contributed by atoms with van der Waals surface area (Å²) in [5, 5.41) is 0. The smallest absolute Gasteiger partial charge is 0.405 e. The van der Waals surface area contributed by atoms with E-state index in [0.717, 1.165) is 18.2 Å². The molecular weight excluding hydrogens is 233 g/mol. The first kappa shape index (κ1) is 12.7. The van der Waals surface area contributed by atoms with Gasteiger partial charge in [0.15, 0.2) is 0 Å². The molecule has 2 nitrogen and oxygen atoms in total. The van der Waals surface area contributed by atoms with Crippen LogP contribution in [0.5, 0.6) is 5.75 Å². The first-order chi connectivity index (χ1) is 7.26. The van der Waals surface area contributed by atoms with E-state index in [-0.39, 0.29) is 0 Å². The minimum Gasteiger partial charge on any atom is -0.405 e. The van der Waals surface area contributed by atoms with Crippen LogP contribution in [0.3, 0.4) is 0 Å². The number of nitrogens with two attached hydrogens (primary N) is 1. The van der Waals surface area contributed by atoms with E-state index >= 15 is 0 Å². The van der Waals surface area contributed by atoms with Crippen LogP contribution in [0.15, 0.2) is 24.3 Å². The number of halogens is 5. The van der Waals surface area contributed by atoms with E-state index in [1.807, 2.05) is 0 Å². The summed E-state index contributed by atoms with van der Waals surface area (Å²) in [4.78, 5) is 0. The molecule has 0 aliphatic heterocycles. The van der Waals surface area contributed by atoms with Gasteiger partial charge in [-0.1, -0.05) is 12.1 Å². The molecule has 7 heteroatoms. The molecule has 0 bridgehead atoms. The van der Waals surface area contributed by atoms with Crippen LogP contribution in [0.4, 0.5) is 22.0 Å². The third-order valence-corrected chi connectivity index (χ3v) is 1.76. The lowest BCUT2D eigenvalue weighted by Crippen LogP contribution is -2.27. The van der Waals surface area contributed by atoms with Gasteiger partial charge in [0, 0.05) is 0 Å². The van der Waals surface area contributed by atoms with Gasteiger partial charge in [-0.2, -0.15) is 8.78 Å². The molecule has 0 unspecified atom stereocenters. The quantitative estimate of drug-likeness (QED) is 0.825. The van der Waals surface area contributed by atoms with Crippen molar-refractivity contribution in [3.05, 3.63) is 29.8 Å². The first-order valence-corrected chi connectivity index (χ1v) is 4.19. The summed E-state index contributed by atoms with van der Waals surface area (Å²) >= 11 is 0. The van der Waals surface area contributed by atoms with Crippen molar-refractivity contribution in [1.29, 1.82) is 0 Å². The van der Waals surface area contributed by atoms with Crippen molar-refractivity contribution >= 4 is 0 Å². The van der Waals surface area contributed by atoms with Gasteiger partial charge in [0.25, 0.3) is 5.92 Å². The van der Waals surface area contributed by atoms with Crippen molar-refractivity contribution in [1.82, 2.24) is 0 Å². The van der Waals surface area contributed by atoms with Crippen LogP contribution < -0.4 is 10.5 Å². The first-order valence-electron chi connectivity index (χ1n) is 4.19. The minimum absolute atomic E-state index is 0.812. The summed E-state index contributed by atoms with van der Waals surface area (Å²) in [7, 11) is 0. The Morgan fingerprint density at radius 3 is 2.12 bits per heavy atom. The van der Waals surface area contributed by atoms with Gasteiger partial charge in [0.05, 0.1) is 12.1 Å². The fraction of sp³-hybridized carbons (Fsp3) is 0.333. The van der Waals surface area contributed by atoms with E-state index in [4.69, 9.17) is 5.73 Å². The molecule has 16 heavy (non-hydrogen) atoms. The second kappa shape index (κ2) is 4.25.